The van der Waals surface area contributed by atoms with Crippen molar-refractivity contribution in [1.82, 2.24) is 0 Å². The molecule has 0 fully saturated rings. The molecule has 0 aliphatic rings. The number of hydrogen-bond donors (Lipinski definition) is 1. The maximum Gasteiger partial charge on any atom is 0.293 e. The lowest BCUT2D eigenvalue weighted by Gasteiger charge is -2.14. The van der Waals surface area contributed by atoms with Gasteiger partial charge in [0.25, 0.3) is 5.69 Å². The van der Waals surface area contributed by atoms with Crippen molar-refractivity contribution in [3.63, 3.8) is 0 Å². The van der Waals surface area contributed by atoms with Gasteiger partial charge < -0.3 is 5.32 Å². The molecule has 0 spiro atoms. The van der Waals surface area contributed by atoms with Crippen LogP contribution >= 0.6 is 23.4 Å². The largest absolute Gasteiger partial charge is 0.376 e. The van der Waals surface area contributed by atoms with E-state index in [1.807, 2.05) is 6.92 Å². The molecule has 0 aliphatic heterocycles. The molecule has 0 aliphatic carbocycles. The molecule has 0 saturated carbocycles. The number of halogens is 1. The van der Waals surface area contributed by atoms with Crippen molar-refractivity contribution in [2.24, 2.45) is 0 Å². The Kier molecular flexibility index (Phi) is 5.58. The van der Waals surface area contributed by atoms with Crippen LogP contribution < -0.4 is 5.32 Å². The minimum absolute atomic E-state index is 0.0193. The second kappa shape index (κ2) is 6.71. The second-order valence-corrected chi connectivity index (χ2v) is 5.38. The molecule has 1 unspecified atom stereocenters. The molecule has 0 amide bonds. The van der Waals surface area contributed by atoms with Crippen molar-refractivity contribution < 1.29 is 4.92 Å². The number of thioether (sulfide) groups is 1. The number of nitro groups is 1. The first-order valence-corrected chi connectivity index (χ1v) is 6.86. The highest BCUT2D eigenvalue weighted by atomic mass is 35.5. The highest BCUT2D eigenvalue weighted by Gasteiger charge is 2.15. The van der Waals surface area contributed by atoms with Gasteiger partial charge in [-0.3, -0.25) is 10.1 Å². The molecule has 1 N–H and O–H groups in total. The van der Waals surface area contributed by atoms with Crippen LogP contribution in [0.3, 0.4) is 0 Å². The fraction of sp³-hybridized carbons (Fsp3) is 0.455. The summed E-state index contributed by atoms with van der Waals surface area (Å²) < 4.78 is 0. The first-order valence-electron chi connectivity index (χ1n) is 5.32. The molecule has 17 heavy (non-hydrogen) atoms. The molecule has 1 aromatic rings. The average Bonchev–Trinajstić information content (AvgIpc) is 2.28. The zero-order valence-electron chi connectivity index (χ0n) is 9.77. The van der Waals surface area contributed by atoms with E-state index in [9.17, 15) is 10.1 Å². The fourth-order valence-corrected chi connectivity index (χ4v) is 2.22. The van der Waals surface area contributed by atoms with Gasteiger partial charge in [-0.1, -0.05) is 18.5 Å². The minimum Gasteiger partial charge on any atom is -0.376 e. The van der Waals surface area contributed by atoms with Crippen LogP contribution in [-0.4, -0.2) is 22.5 Å². The van der Waals surface area contributed by atoms with Gasteiger partial charge in [-0.2, -0.15) is 11.8 Å². The highest BCUT2D eigenvalue weighted by molar-refractivity contribution is 7.99. The Hall–Kier alpha value is -0.940. The maximum absolute atomic E-state index is 10.9. The van der Waals surface area contributed by atoms with E-state index in [0.717, 1.165) is 11.5 Å². The Morgan fingerprint density at radius 2 is 2.29 bits per heavy atom. The van der Waals surface area contributed by atoms with Crippen molar-refractivity contribution in [2.45, 2.75) is 19.9 Å². The monoisotopic (exact) mass is 274 g/mol. The first-order chi connectivity index (χ1) is 8.04. The van der Waals surface area contributed by atoms with Gasteiger partial charge in [0.15, 0.2) is 0 Å². The van der Waals surface area contributed by atoms with Crippen LogP contribution in [0.2, 0.25) is 5.02 Å². The SMILES string of the molecule is CCSCC(C)Nc1ccc(Cl)cc1[N+](=O)[O-]. The summed E-state index contributed by atoms with van der Waals surface area (Å²) in [7, 11) is 0. The van der Waals surface area contributed by atoms with E-state index in [-0.39, 0.29) is 11.7 Å². The number of anilines is 1. The summed E-state index contributed by atoms with van der Waals surface area (Å²) in [6.45, 7) is 4.09. The molecule has 94 valence electrons. The average molecular weight is 275 g/mol. The lowest BCUT2D eigenvalue weighted by molar-refractivity contribution is -0.384. The zero-order valence-corrected chi connectivity index (χ0v) is 11.3. The summed E-state index contributed by atoms with van der Waals surface area (Å²) in [6, 6.07) is 4.84. The lowest BCUT2D eigenvalue weighted by Crippen LogP contribution is -2.18. The molecule has 4 nitrogen and oxygen atoms in total. The Labute approximate surface area is 110 Å². The molecular formula is C11H15ClN2O2S. The van der Waals surface area contributed by atoms with Gasteiger partial charge in [-0.05, 0) is 24.8 Å². The molecule has 0 radical (unpaired) electrons. The van der Waals surface area contributed by atoms with Crippen molar-refractivity contribution in [3.8, 4) is 0 Å². The summed E-state index contributed by atoms with van der Waals surface area (Å²) in [5.41, 5.74) is 0.537. The summed E-state index contributed by atoms with van der Waals surface area (Å²) in [5.74, 6) is 1.95. The van der Waals surface area contributed by atoms with E-state index in [1.165, 1.54) is 6.07 Å². The molecule has 1 rings (SSSR count). The smallest absolute Gasteiger partial charge is 0.293 e. The van der Waals surface area contributed by atoms with Gasteiger partial charge in [0.05, 0.1) is 4.92 Å². The Bertz CT molecular complexity index is 401. The van der Waals surface area contributed by atoms with Crippen LogP contribution in [0.1, 0.15) is 13.8 Å². The zero-order chi connectivity index (χ0) is 12.8. The van der Waals surface area contributed by atoms with E-state index < -0.39 is 4.92 Å². The van der Waals surface area contributed by atoms with Gasteiger partial charge in [0, 0.05) is 22.9 Å². The maximum atomic E-state index is 10.9. The quantitative estimate of drug-likeness (QED) is 0.633. The first kappa shape index (κ1) is 14.1. The standard InChI is InChI=1S/C11H15ClN2O2S/c1-3-17-7-8(2)13-10-5-4-9(12)6-11(10)14(15)16/h4-6,8,13H,3,7H2,1-2H3. The third-order valence-corrected chi connectivity index (χ3v) is 3.51. The molecule has 0 bridgehead atoms. The molecule has 6 heteroatoms. The summed E-state index contributed by atoms with van der Waals surface area (Å²) in [4.78, 5) is 10.4. The van der Waals surface area contributed by atoms with E-state index in [2.05, 4.69) is 12.2 Å². The van der Waals surface area contributed by atoms with Crippen molar-refractivity contribution in [2.75, 3.05) is 16.8 Å². The van der Waals surface area contributed by atoms with Crippen LogP contribution in [0.15, 0.2) is 18.2 Å². The van der Waals surface area contributed by atoms with Crippen molar-refractivity contribution >= 4 is 34.7 Å². The minimum atomic E-state index is -0.423. The number of nitro benzene ring substituents is 1. The van der Waals surface area contributed by atoms with Crippen LogP contribution in [0, 0.1) is 10.1 Å². The number of nitrogens with one attached hydrogen (secondary N) is 1. The summed E-state index contributed by atoms with van der Waals surface area (Å²) >= 11 is 7.54. The molecule has 1 atom stereocenters. The van der Waals surface area contributed by atoms with Crippen LogP contribution in [0.5, 0.6) is 0 Å². The van der Waals surface area contributed by atoms with Crippen LogP contribution in [-0.2, 0) is 0 Å². The van der Waals surface area contributed by atoms with E-state index in [1.54, 1.807) is 23.9 Å². The predicted molar refractivity (Wildman–Crippen MR) is 74.2 cm³/mol. The van der Waals surface area contributed by atoms with Gasteiger partial charge in [-0.15, -0.1) is 0 Å². The van der Waals surface area contributed by atoms with Crippen LogP contribution in [0.25, 0.3) is 0 Å². The highest BCUT2D eigenvalue weighted by Crippen LogP contribution is 2.28. The topological polar surface area (TPSA) is 55.2 Å². The Morgan fingerprint density at radius 3 is 2.88 bits per heavy atom. The lowest BCUT2D eigenvalue weighted by atomic mass is 10.2. The third-order valence-electron chi connectivity index (χ3n) is 2.13. The Morgan fingerprint density at radius 1 is 1.59 bits per heavy atom. The summed E-state index contributed by atoms with van der Waals surface area (Å²) in [5, 5.41) is 14.4. The molecule has 0 heterocycles. The number of nitrogens with zero attached hydrogens (tertiary/aromatic N) is 1. The van der Waals surface area contributed by atoms with Gasteiger partial charge in [0.2, 0.25) is 0 Å². The molecule has 0 saturated heterocycles. The normalized spacial score (nSPS) is 12.2. The molecule has 1 aromatic carbocycles. The van der Waals surface area contributed by atoms with Crippen molar-refractivity contribution in [1.29, 1.82) is 0 Å². The predicted octanol–water partition coefficient (Wildman–Crippen LogP) is 3.80. The van der Waals surface area contributed by atoms with E-state index >= 15 is 0 Å². The fourth-order valence-electron chi connectivity index (χ4n) is 1.38. The number of benzene rings is 1. The summed E-state index contributed by atoms with van der Waals surface area (Å²) in [6.07, 6.45) is 0. The van der Waals surface area contributed by atoms with Gasteiger partial charge in [-0.25, -0.2) is 0 Å². The number of rotatable bonds is 6. The van der Waals surface area contributed by atoms with Crippen LogP contribution in [0.4, 0.5) is 11.4 Å². The Balaban J connectivity index is 2.79. The van der Waals surface area contributed by atoms with Gasteiger partial charge >= 0.3 is 0 Å². The van der Waals surface area contributed by atoms with E-state index in [0.29, 0.717) is 10.7 Å². The molecule has 0 aromatic heterocycles. The van der Waals surface area contributed by atoms with Crippen molar-refractivity contribution in [3.05, 3.63) is 33.3 Å². The second-order valence-electron chi connectivity index (χ2n) is 3.62. The van der Waals surface area contributed by atoms with Gasteiger partial charge in [0.1, 0.15) is 5.69 Å². The molecular weight excluding hydrogens is 260 g/mol. The number of hydrogen-bond acceptors (Lipinski definition) is 4. The third kappa shape index (κ3) is 4.44. The van der Waals surface area contributed by atoms with E-state index in [4.69, 9.17) is 11.6 Å².